The summed E-state index contributed by atoms with van der Waals surface area (Å²) in [5, 5.41) is 0. The number of rotatable bonds is 5. The van der Waals surface area contributed by atoms with Crippen molar-refractivity contribution in [2.24, 2.45) is 5.73 Å². The van der Waals surface area contributed by atoms with E-state index < -0.39 is 0 Å². The van der Waals surface area contributed by atoms with E-state index in [9.17, 15) is 4.79 Å². The minimum Gasteiger partial charge on any atom is -0.369 e. The molecule has 3 rings (SSSR count). The van der Waals surface area contributed by atoms with Crippen LogP contribution in [0.1, 0.15) is 41.3 Å². The summed E-state index contributed by atoms with van der Waals surface area (Å²) in [6.07, 6.45) is 3.06. The van der Waals surface area contributed by atoms with Crippen LogP contribution in [0.25, 0.3) is 0 Å². The summed E-state index contributed by atoms with van der Waals surface area (Å²) in [4.78, 5) is 18.2. The molecule has 126 valence electrons. The number of amides is 1. The Morgan fingerprint density at radius 3 is 2.92 bits per heavy atom. The predicted octanol–water partition coefficient (Wildman–Crippen LogP) is 2.65. The highest BCUT2D eigenvalue weighted by molar-refractivity contribution is 5.75. The molecule has 1 aromatic heterocycles. The maximum atomic E-state index is 11.2. The topological polar surface area (TPSA) is 59.2 Å². The van der Waals surface area contributed by atoms with Gasteiger partial charge in [0.25, 0.3) is 0 Å². The molecule has 24 heavy (non-hydrogen) atoms. The molecule has 0 radical (unpaired) electrons. The summed E-state index contributed by atoms with van der Waals surface area (Å²) in [5.74, 6) is 0.132. The first-order valence-corrected chi connectivity index (χ1v) is 8.62. The molecule has 0 bridgehead atoms. The van der Waals surface area contributed by atoms with E-state index in [4.69, 9.17) is 10.7 Å². The second-order valence-electron chi connectivity index (χ2n) is 6.76. The Bertz CT molecular complexity index is 714. The zero-order valence-corrected chi connectivity index (χ0v) is 14.2. The number of pyridine rings is 1. The number of nitrogens with zero attached hydrogens (tertiary/aromatic N) is 2. The Labute approximate surface area is 143 Å². The number of carbonyl (C=O) groups excluding carboxylic acids is 1. The van der Waals surface area contributed by atoms with Gasteiger partial charge in [0.1, 0.15) is 0 Å². The van der Waals surface area contributed by atoms with Crippen LogP contribution in [0, 0.1) is 6.92 Å². The van der Waals surface area contributed by atoms with Gasteiger partial charge >= 0.3 is 0 Å². The molecule has 0 spiro atoms. The summed E-state index contributed by atoms with van der Waals surface area (Å²) in [5.41, 5.74) is 10.1. The summed E-state index contributed by atoms with van der Waals surface area (Å²) >= 11 is 0. The molecule has 1 amide bonds. The van der Waals surface area contributed by atoms with Gasteiger partial charge in [-0.05, 0) is 44.0 Å². The van der Waals surface area contributed by atoms with Crippen molar-refractivity contribution in [2.45, 2.75) is 32.1 Å². The molecule has 0 saturated carbocycles. The normalized spacial score (nSPS) is 18.5. The lowest BCUT2D eigenvalue weighted by Crippen LogP contribution is -2.40. The average molecular weight is 323 g/mol. The lowest BCUT2D eigenvalue weighted by Gasteiger charge is -2.31. The zero-order chi connectivity index (χ0) is 16.9. The van der Waals surface area contributed by atoms with Gasteiger partial charge in [-0.1, -0.05) is 35.9 Å². The van der Waals surface area contributed by atoms with Crippen molar-refractivity contribution in [3.63, 3.8) is 0 Å². The maximum Gasteiger partial charge on any atom is 0.231 e. The standard InChI is InChI=1S/C20H25N3O/c1-15-5-2-6-16(11-15)12-18-8-3-9-19(22-18)17-7-4-10-23(13-17)14-20(21)24/h2-3,5-6,8-9,11,17H,4,7,10,12-14H2,1H3,(H2,21,24)/t17-/m0/s1. The van der Waals surface area contributed by atoms with Crippen molar-refractivity contribution in [3.8, 4) is 0 Å². The van der Waals surface area contributed by atoms with Gasteiger partial charge in [0.2, 0.25) is 5.91 Å². The van der Waals surface area contributed by atoms with Crippen LogP contribution in [0.2, 0.25) is 0 Å². The number of likely N-dealkylation sites (tertiary alicyclic amines) is 1. The third-order valence-electron chi connectivity index (χ3n) is 4.60. The second-order valence-corrected chi connectivity index (χ2v) is 6.76. The van der Waals surface area contributed by atoms with Crippen LogP contribution in [0.5, 0.6) is 0 Å². The van der Waals surface area contributed by atoms with E-state index >= 15 is 0 Å². The van der Waals surface area contributed by atoms with E-state index in [0.717, 1.165) is 43.7 Å². The number of carbonyl (C=O) groups is 1. The highest BCUT2D eigenvalue weighted by Crippen LogP contribution is 2.26. The summed E-state index contributed by atoms with van der Waals surface area (Å²) in [7, 11) is 0. The van der Waals surface area contributed by atoms with Gasteiger partial charge in [-0.3, -0.25) is 14.7 Å². The average Bonchev–Trinajstić information content (AvgIpc) is 2.55. The highest BCUT2D eigenvalue weighted by Gasteiger charge is 2.23. The lowest BCUT2D eigenvalue weighted by atomic mass is 9.94. The Hall–Kier alpha value is -2.20. The van der Waals surface area contributed by atoms with E-state index in [1.165, 1.54) is 11.1 Å². The smallest absolute Gasteiger partial charge is 0.231 e. The monoisotopic (exact) mass is 323 g/mol. The molecule has 1 atom stereocenters. The Balaban J connectivity index is 1.71. The number of aryl methyl sites for hydroxylation is 1. The van der Waals surface area contributed by atoms with Crippen molar-refractivity contribution in [3.05, 3.63) is 65.0 Å². The molecule has 1 fully saturated rings. The molecule has 1 saturated heterocycles. The molecule has 2 aromatic rings. The Kier molecular flexibility index (Phi) is 5.26. The third-order valence-corrected chi connectivity index (χ3v) is 4.60. The summed E-state index contributed by atoms with van der Waals surface area (Å²) in [6, 6.07) is 14.9. The number of benzene rings is 1. The van der Waals surface area contributed by atoms with Crippen LogP contribution in [0.4, 0.5) is 0 Å². The van der Waals surface area contributed by atoms with Crippen LogP contribution in [0.3, 0.4) is 0 Å². The largest absolute Gasteiger partial charge is 0.369 e. The van der Waals surface area contributed by atoms with Crippen LogP contribution < -0.4 is 5.73 Å². The van der Waals surface area contributed by atoms with Gasteiger partial charge in [-0.2, -0.15) is 0 Å². The maximum absolute atomic E-state index is 11.2. The quantitative estimate of drug-likeness (QED) is 0.920. The van der Waals surface area contributed by atoms with Crippen molar-refractivity contribution in [2.75, 3.05) is 19.6 Å². The highest BCUT2D eigenvalue weighted by atomic mass is 16.1. The number of hydrogen-bond donors (Lipinski definition) is 1. The number of primary amides is 1. The molecule has 1 aliphatic heterocycles. The summed E-state index contributed by atoms with van der Waals surface area (Å²) in [6.45, 7) is 4.27. The van der Waals surface area contributed by atoms with E-state index in [-0.39, 0.29) is 5.91 Å². The first-order valence-electron chi connectivity index (χ1n) is 8.62. The van der Waals surface area contributed by atoms with Gasteiger partial charge in [0, 0.05) is 30.3 Å². The molecule has 1 aliphatic rings. The van der Waals surface area contributed by atoms with Gasteiger partial charge in [0.15, 0.2) is 0 Å². The molecule has 4 heteroatoms. The van der Waals surface area contributed by atoms with Gasteiger partial charge in [0.05, 0.1) is 6.54 Å². The molecule has 2 heterocycles. The van der Waals surface area contributed by atoms with Crippen LogP contribution in [0.15, 0.2) is 42.5 Å². The fraction of sp³-hybridized carbons (Fsp3) is 0.400. The first kappa shape index (κ1) is 16.7. The number of aromatic nitrogens is 1. The van der Waals surface area contributed by atoms with Crippen LogP contribution in [-0.4, -0.2) is 35.4 Å². The summed E-state index contributed by atoms with van der Waals surface area (Å²) < 4.78 is 0. The number of nitrogens with two attached hydrogens (primary N) is 1. The van der Waals surface area contributed by atoms with E-state index in [1.807, 2.05) is 0 Å². The van der Waals surface area contributed by atoms with Crippen molar-refractivity contribution in [1.29, 1.82) is 0 Å². The third kappa shape index (κ3) is 4.42. The predicted molar refractivity (Wildman–Crippen MR) is 95.8 cm³/mol. The molecule has 4 nitrogen and oxygen atoms in total. The fourth-order valence-corrected chi connectivity index (χ4v) is 3.52. The van der Waals surface area contributed by atoms with Crippen LogP contribution in [-0.2, 0) is 11.2 Å². The Morgan fingerprint density at radius 1 is 1.29 bits per heavy atom. The van der Waals surface area contributed by atoms with Crippen LogP contribution >= 0.6 is 0 Å². The SMILES string of the molecule is Cc1cccc(Cc2cccc([C@H]3CCCN(CC(N)=O)C3)n2)c1. The minimum absolute atomic E-state index is 0.253. The van der Waals surface area contributed by atoms with Gasteiger partial charge in [-0.15, -0.1) is 0 Å². The van der Waals surface area contributed by atoms with Gasteiger partial charge < -0.3 is 5.73 Å². The molecule has 1 aromatic carbocycles. The molecular weight excluding hydrogens is 298 g/mol. The zero-order valence-electron chi connectivity index (χ0n) is 14.2. The Morgan fingerprint density at radius 2 is 2.12 bits per heavy atom. The van der Waals surface area contributed by atoms with Crippen molar-refractivity contribution in [1.82, 2.24) is 9.88 Å². The molecular formula is C20H25N3O. The number of piperidine rings is 1. The lowest BCUT2D eigenvalue weighted by molar-refractivity contribution is -0.119. The van der Waals surface area contributed by atoms with E-state index in [0.29, 0.717) is 12.5 Å². The first-order chi connectivity index (χ1) is 11.6. The number of hydrogen-bond acceptors (Lipinski definition) is 3. The molecule has 0 unspecified atom stereocenters. The minimum atomic E-state index is -0.253. The van der Waals surface area contributed by atoms with Crippen molar-refractivity contribution >= 4 is 5.91 Å². The molecule has 0 aliphatic carbocycles. The van der Waals surface area contributed by atoms with Gasteiger partial charge in [-0.25, -0.2) is 0 Å². The molecule has 2 N–H and O–H groups in total. The van der Waals surface area contributed by atoms with Crippen molar-refractivity contribution < 1.29 is 4.79 Å². The fourth-order valence-electron chi connectivity index (χ4n) is 3.52. The van der Waals surface area contributed by atoms with E-state index in [2.05, 4.69) is 54.3 Å². The van der Waals surface area contributed by atoms with E-state index in [1.54, 1.807) is 0 Å². The second kappa shape index (κ2) is 7.58.